The van der Waals surface area contributed by atoms with Crippen molar-refractivity contribution < 1.29 is 0 Å². The molecule has 2 N–H and O–H groups in total. The minimum atomic E-state index is 0.342. The van der Waals surface area contributed by atoms with Crippen LogP contribution in [0.25, 0.3) is 0 Å². The molecule has 1 unspecified atom stereocenters. The Morgan fingerprint density at radius 2 is 1.91 bits per heavy atom. The van der Waals surface area contributed by atoms with Gasteiger partial charge >= 0.3 is 0 Å². The zero-order valence-electron chi connectivity index (χ0n) is 7.93. The van der Waals surface area contributed by atoms with Crippen molar-refractivity contribution in [2.24, 2.45) is 11.1 Å². The molecule has 0 aromatic carbocycles. The third-order valence-electron chi connectivity index (χ3n) is 2.55. The molecule has 1 aliphatic rings. The molecule has 0 saturated carbocycles. The van der Waals surface area contributed by atoms with Gasteiger partial charge in [0.15, 0.2) is 0 Å². The highest BCUT2D eigenvalue weighted by atomic mass is 15.2. The first kappa shape index (κ1) is 9.01. The van der Waals surface area contributed by atoms with Gasteiger partial charge in [-0.3, -0.25) is 4.90 Å². The highest BCUT2D eigenvalue weighted by Gasteiger charge is 2.31. The number of rotatable bonds is 2. The fraction of sp³-hybridized carbons (Fsp3) is 1.00. The third-order valence-corrected chi connectivity index (χ3v) is 2.55. The van der Waals surface area contributed by atoms with Crippen LogP contribution in [0.15, 0.2) is 0 Å². The van der Waals surface area contributed by atoms with E-state index in [9.17, 15) is 0 Å². The number of likely N-dealkylation sites (tertiary alicyclic amines) is 1. The van der Waals surface area contributed by atoms with Gasteiger partial charge in [0.1, 0.15) is 0 Å². The van der Waals surface area contributed by atoms with Gasteiger partial charge in [-0.25, -0.2) is 0 Å². The molecule has 2 heteroatoms. The van der Waals surface area contributed by atoms with Gasteiger partial charge in [-0.15, -0.1) is 0 Å². The van der Waals surface area contributed by atoms with Crippen LogP contribution in [0.1, 0.15) is 27.2 Å². The molecule has 2 nitrogen and oxygen atoms in total. The van der Waals surface area contributed by atoms with Gasteiger partial charge in [0.25, 0.3) is 0 Å². The molecule has 0 bridgehead atoms. The van der Waals surface area contributed by atoms with Gasteiger partial charge in [0.2, 0.25) is 0 Å². The van der Waals surface area contributed by atoms with Crippen LogP contribution < -0.4 is 5.73 Å². The van der Waals surface area contributed by atoms with E-state index in [1.54, 1.807) is 0 Å². The molecule has 1 atom stereocenters. The van der Waals surface area contributed by atoms with E-state index in [2.05, 4.69) is 25.7 Å². The number of hydrogen-bond acceptors (Lipinski definition) is 2. The smallest absolute Gasteiger partial charge is 0.0266 e. The van der Waals surface area contributed by atoms with E-state index in [4.69, 9.17) is 5.73 Å². The molecule has 0 spiro atoms. The molecule has 0 radical (unpaired) electrons. The molecule has 1 fully saturated rings. The first-order valence-corrected chi connectivity index (χ1v) is 4.50. The Bertz CT molecular complexity index is 122. The Hall–Kier alpha value is -0.0800. The van der Waals surface area contributed by atoms with Gasteiger partial charge in [-0.05, 0) is 24.9 Å². The van der Waals surface area contributed by atoms with Crippen molar-refractivity contribution in [3.05, 3.63) is 0 Å². The minimum Gasteiger partial charge on any atom is -0.329 e. The number of nitrogens with zero attached hydrogens (tertiary/aromatic N) is 1. The lowest BCUT2D eigenvalue weighted by Crippen LogP contribution is -2.54. The van der Waals surface area contributed by atoms with E-state index in [-0.39, 0.29) is 0 Å². The van der Waals surface area contributed by atoms with E-state index >= 15 is 0 Å². The molecule has 1 saturated heterocycles. The predicted molar refractivity (Wildman–Crippen MR) is 48.5 cm³/mol. The average molecular weight is 156 g/mol. The second-order valence-electron chi connectivity index (χ2n) is 4.51. The van der Waals surface area contributed by atoms with Crippen molar-refractivity contribution in [3.8, 4) is 0 Å². The number of nitrogens with two attached hydrogens (primary N) is 1. The second kappa shape index (κ2) is 3.11. The van der Waals surface area contributed by atoms with Crippen LogP contribution in [0, 0.1) is 5.41 Å². The Morgan fingerprint density at radius 3 is 2.00 bits per heavy atom. The highest BCUT2D eigenvalue weighted by molar-refractivity contribution is 4.87. The summed E-state index contributed by atoms with van der Waals surface area (Å²) in [6, 6.07) is 0.580. The van der Waals surface area contributed by atoms with E-state index in [1.807, 2.05) is 0 Å². The molecule has 1 heterocycles. The zero-order valence-corrected chi connectivity index (χ0v) is 7.93. The van der Waals surface area contributed by atoms with E-state index < -0.39 is 0 Å². The summed E-state index contributed by atoms with van der Waals surface area (Å²) in [4.78, 5) is 2.49. The second-order valence-corrected chi connectivity index (χ2v) is 4.51. The fourth-order valence-electron chi connectivity index (χ4n) is 1.70. The van der Waals surface area contributed by atoms with Crippen molar-refractivity contribution >= 4 is 0 Å². The largest absolute Gasteiger partial charge is 0.329 e. The first-order chi connectivity index (χ1) is 5.05. The van der Waals surface area contributed by atoms with Gasteiger partial charge in [-0.2, -0.15) is 0 Å². The highest BCUT2D eigenvalue weighted by Crippen LogP contribution is 2.26. The summed E-state index contributed by atoms with van der Waals surface area (Å²) in [7, 11) is 0. The molecular formula is C9H20N2. The van der Waals surface area contributed by atoms with Gasteiger partial charge in [-0.1, -0.05) is 20.8 Å². The molecule has 0 aromatic rings. The monoisotopic (exact) mass is 156 g/mol. The predicted octanol–water partition coefficient (Wildman–Crippen LogP) is 1.07. The van der Waals surface area contributed by atoms with Crippen LogP contribution >= 0.6 is 0 Å². The Labute approximate surface area is 69.8 Å². The van der Waals surface area contributed by atoms with E-state index in [1.165, 1.54) is 19.5 Å². The zero-order chi connectivity index (χ0) is 8.48. The van der Waals surface area contributed by atoms with Crippen molar-refractivity contribution in [2.45, 2.75) is 33.2 Å². The molecule has 1 aliphatic heterocycles. The lowest BCUT2D eigenvalue weighted by Gasteiger charge is -2.44. The van der Waals surface area contributed by atoms with Crippen LogP contribution in [0.3, 0.4) is 0 Å². The van der Waals surface area contributed by atoms with Gasteiger partial charge in [0.05, 0.1) is 0 Å². The molecular weight excluding hydrogens is 136 g/mol. The summed E-state index contributed by atoms with van der Waals surface area (Å²) in [5.74, 6) is 0. The molecule has 0 amide bonds. The number of hydrogen-bond donors (Lipinski definition) is 1. The first-order valence-electron chi connectivity index (χ1n) is 4.50. The molecule has 0 aromatic heterocycles. The third kappa shape index (κ3) is 1.94. The van der Waals surface area contributed by atoms with Gasteiger partial charge < -0.3 is 5.73 Å². The van der Waals surface area contributed by atoms with Crippen LogP contribution in [0.4, 0.5) is 0 Å². The van der Waals surface area contributed by atoms with Crippen LogP contribution in [0.2, 0.25) is 0 Å². The topological polar surface area (TPSA) is 29.3 Å². The van der Waals surface area contributed by atoms with Crippen LogP contribution in [-0.4, -0.2) is 30.6 Å². The maximum Gasteiger partial charge on any atom is 0.0266 e. The summed E-state index contributed by atoms with van der Waals surface area (Å²) in [6.07, 6.45) is 1.35. The summed E-state index contributed by atoms with van der Waals surface area (Å²) in [6.45, 7) is 10.1. The van der Waals surface area contributed by atoms with Crippen molar-refractivity contribution in [3.63, 3.8) is 0 Å². The van der Waals surface area contributed by atoms with Crippen molar-refractivity contribution in [2.75, 3.05) is 19.6 Å². The molecule has 0 aliphatic carbocycles. The minimum absolute atomic E-state index is 0.342. The molecule has 1 rings (SSSR count). The Balaban J connectivity index is 2.48. The summed E-state index contributed by atoms with van der Waals surface area (Å²) in [5.41, 5.74) is 6.07. The van der Waals surface area contributed by atoms with Crippen molar-refractivity contribution in [1.29, 1.82) is 0 Å². The van der Waals surface area contributed by atoms with Gasteiger partial charge in [0, 0.05) is 12.6 Å². The van der Waals surface area contributed by atoms with Crippen LogP contribution in [0.5, 0.6) is 0 Å². The van der Waals surface area contributed by atoms with E-state index in [0.717, 1.165) is 6.54 Å². The lowest BCUT2D eigenvalue weighted by molar-refractivity contribution is 0.0520. The SMILES string of the molecule is CC(C)(C)C(CN)N1CCC1. The standard InChI is InChI=1S/C9H20N2/c1-9(2,3)8(7-10)11-5-4-6-11/h8H,4-7,10H2,1-3H3. The normalized spacial score (nSPS) is 22.9. The Morgan fingerprint density at radius 1 is 1.36 bits per heavy atom. The summed E-state index contributed by atoms with van der Waals surface area (Å²) >= 11 is 0. The molecule has 11 heavy (non-hydrogen) atoms. The van der Waals surface area contributed by atoms with Crippen molar-refractivity contribution in [1.82, 2.24) is 4.90 Å². The maximum absolute atomic E-state index is 5.73. The summed E-state index contributed by atoms with van der Waals surface area (Å²) in [5, 5.41) is 0. The van der Waals surface area contributed by atoms with E-state index in [0.29, 0.717) is 11.5 Å². The summed E-state index contributed by atoms with van der Waals surface area (Å²) < 4.78 is 0. The molecule has 66 valence electrons. The Kier molecular flexibility index (Phi) is 2.55. The van der Waals surface area contributed by atoms with Crippen LogP contribution in [-0.2, 0) is 0 Å². The quantitative estimate of drug-likeness (QED) is 0.648. The fourth-order valence-corrected chi connectivity index (χ4v) is 1.70. The maximum atomic E-state index is 5.73. The lowest BCUT2D eigenvalue weighted by atomic mass is 9.84. The average Bonchev–Trinajstić information content (AvgIpc) is 1.74.